The molecule has 0 spiro atoms. The molecule has 4 nitrogen and oxygen atoms in total. The number of carbonyl (C=O) groups excluding carboxylic acids is 1. The Kier molecular flexibility index (Phi) is 6.18. The van der Waals surface area contributed by atoms with E-state index in [4.69, 9.17) is 4.74 Å². The van der Waals surface area contributed by atoms with Crippen LogP contribution in [-0.2, 0) is 11.2 Å². The molecule has 0 radical (unpaired) electrons. The highest BCUT2D eigenvalue weighted by Crippen LogP contribution is 2.25. The number of benzene rings is 2. The van der Waals surface area contributed by atoms with E-state index in [9.17, 15) is 9.90 Å². The largest absolute Gasteiger partial charge is 0.496 e. The summed E-state index contributed by atoms with van der Waals surface area (Å²) in [7, 11) is 3.39. The van der Waals surface area contributed by atoms with Crippen LogP contribution >= 0.6 is 0 Å². The van der Waals surface area contributed by atoms with Gasteiger partial charge in [0, 0.05) is 19.2 Å². The van der Waals surface area contributed by atoms with Gasteiger partial charge in [-0.25, -0.2) is 0 Å². The first-order chi connectivity index (χ1) is 11.2. The number of aliphatic hydroxyl groups excluding tert-OH is 1. The van der Waals surface area contributed by atoms with Crippen LogP contribution in [0.1, 0.15) is 23.6 Å². The summed E-state index contributed by atoms with van der Waals surface area (Å²) in [5.74, 6) is 0.712. The maximum Gasteiger partial charge on any atom is 0.227 e. The molecule has 1 amide bonds. The van der Waals surface area contributed by atoms with Crippen molar-refractivity contribution >= 4 is 5.91 Å². The molecule has 2 aromatic carbocycles. The van der Waals surface area contributed by atoms with Crippen LogP contribution in [0.2, 0.25) is 0 Å². The molecular weight excluding hydrogens is 290 g/mol. The minimum atomic E-state index is -0.136. The first-order valence-corrected chi connectivity index (χ1v) is 7.70. The minimum Gasteiger partial charge on any atom is -0.496 e. The highest BCUT2D eigenvalue weighted by Gasteiger charge is 2.22. The molecule has 2 rings (SSSR count). The molecule has 0 aliphatic rings. The Morgan fingerprint density at radius 1 is 1.13 bits per heavy atom. The lowest BCUT2D eigenvalue weighted by molar-refractivity contribution is -0.131. The molecule has 0 aliphatic carbocycles. The Bertz CT molecular complexity index is 628. The van der Waals surface area contributed by atoms with Crippen molar-refractivity contribution in [3.8, 4) is 5.75 Å². The van der Waals surface area contributed by atoms with Gasteiger partial charge in [-0.05, 0) is 18.1 Å². The van der Waals surface area contributed by atoms with E-state index < -0.39 is 0 Å². The molecule has 23 heavy (non-hydrogen) atoms. The number of hydrogen-bond acceptors (Lipinski definition) is 3. The van der Waals surface area contributed by atoms with E-state index in [1.165, 1.54) is 0 Å². The van der Waals surface area contributed by atoms with Gasteiger partial charge in [0.1, 0.15) is 5.75 Å². The molecule has 1 unspecified atom stereocenters. The predicted octanol–water partition coefficient (Wildman–Crippen LogP) is 2.82. The lowest BCUT2D eigenvalue weighted by Gasteiger charge is -2.28. The normalized spacial score (nSPS) is 11.8. The van der Waals surface area contributed by atoms with Crippen LogP contribution < -0.4 is 4.74 Å². The minimum absolute atomic E-state index is 0.00296. The van der Waals surface area contributed by atoms with Crippen LogP contribution in [0.15, 0.2) is 54.6 Å². The van der Waals surface area contributed by atoms with Gasteiger partial charge in [-0.1, -0.05) is 48.5 Å². The second-order valence-electron chi connectivity index (χ2n) is 5.43. The number of amides is 1. The quantitative estimate of drug-likeness (QED) is 0.855. The summed E-state index contributed by atoms with van der Waals surface area (Å²) in [5.41, 5.74) is 1.89. The van der Waals surface area contributed by atoms with E-state index in [1.807, 2.05) is 54.6 Å². The van der Waals surface area contributed by atoms with Crippen molar-refractivity contribution in [2.45, 2.75) is 18.9 Å². The van der Waals surface area contributed by atoms with Gasteiger partial charge in [0.25, 0.3) is 0 Å². The topological polar surface area (TPSA) is 49.8 Å². The predicted molar refractivity (Wildman–Crippen MR) is 90.4 cm³/mol. The summed E-state index contributed by atoms with van der Waals surface area (Å²) in [6.45, 7) is 0.0336. The summed E-state index contributed by atoms with van der Waals surface area (Å²) >= 11 is 0. The van der Waals surface area contributed by atoms with Crippen LogP contribution in [-0.4, -0.2) is 36.7 Å². The molecule has 0 bridgehead atoms. The van der Waals surface area contributed by atoms with Crippen molar-refractivity contribution in [1.29, 1.82) is 0 Å². The number of aliphatic hydroxyl groups is 1. The Morgan fingerprint density at radius 3 is 2.43 bits per heavy atom. The first-order valence-electron chi connectivity index (χ1n) is 7.70. The lowest BCUT2D eigenvalue weighted by atomic mass is 10.0. The number of hydrogen-bond donors (Lipinski definition) is 1. The third-order valence-electron chi connectivity index (χ3n) is 3.98. The summed E-state index contributed by atoms with van der Waals surface area (Å²) in [4.78, 5) is 14.4. The van der Waals surface area contributed by atoms with Gasteiger partial charge in [-0.15, -0.1) is 0 Å². The van der Waals surface area contributed by atoms with Gasteiger partial charge in [0.05, 0.1) is 19.6 Å². The first kappa shape index (κ1) is 17.0. The zero-order valence-corrected chi connectivity index (χ0v) is 13.6. The fourth-order valence-corrected chi connectivity index (χ4v) is 2.69. The lowest BCUT2D eigenvalue weighted by Crippen LogP contribution is -2.33. The molecule has 0 aromatic heterocycles. The fraction of sp³-hybridized carbons (Fsp3) is 0.316. The van der Waals surface area contributed by atoms with Crippen molar-refractivity contribution < 1.29 is 14.6 Å². The van der Waals surface area contributed by atoms with E-state index in [1.54, 1.807) is 19.1 Å². The second-order valence-corrected chi connectivity index (χ2v) is 5.43. The summed E-state index contributed by atoms with van der Waals surface area (Å²) in [5, 5.41) is 9.34. The third kappa shape index (κ3) is 4.33. The van der Waals surface area contributed by atoms with E-state index in [2.05, 4.69) is 0 Å². The Balaban J connectivity index is 2.16. The fourth-order valence-electron chi connectivity index (χ4n) is 2.69. The standard InChI is InChI=1S/C19H23NO3/c1-20(17(12-13-21)15-8-4-3-5-9-15)19(22)14-16-10-6-7-11-18(16)23-2/h3-11,17,21H,12-14H2,1-2H3. The average Bonchev–Trinajstić information content (AvgIpc) is 2.60. The zero-order chi connectivity index (χ0) is 16.7. The number of rotatable bonds is 7. The maximum atomic E-state index is 12.7. The van der Waals surface area contributed by atoms with Crippen LogP contribution in [0.5, 0.6) is 5.75 Å². The SMILES string of the molecule is COc1ccccc1CC(=O)N(C)C(CCO)c1ccccc1. The highest BCUT2D eigenvalue weighted by molar-refractivity contribution is 5.79. The molecule has 4 heteroatoms. The van der Waals surface area contributed by atoms with Crippen molar-refractivity contribution in [1.82, 2.24) is 4.90 Å². The van der Waals surface area contributed by atoms with Crippen molar-refractivity contribution in [2.75, 3.05) is 20.8 Å². The maximum absolute atomic E-state index is 12.7. The second kappa shape index (κ2) is 8.34. The molecule has 1 atom stereocenters. The van der Waals surface area contributed by atoms with Gasteiger partial charge >= 0.3 is 0 Å². The van der Waals surface area contributed by atoms with Gasteiger partial charge in [0.2, 0.25) is 5.91 Å². The van der Waals surface area contributed by atoms with E-state index in [0.29, 0.717) is 12.2 Å². The van der Waals surface area contributed by atoms with Gasteiger partial charge in [0.15, 0.2) is 0 Å². The molecule has 0 aliphatic heterocycles. The van der Waals surface area contributed by atoms with E-state index in [0.717, 1.165) is 11.1 Å². The average molecular weight is 313 g/mol. The molecule has 0 heterocycles. The van der Waals surface area contributed by atoms with Crippen molar-refractivity contribution in [3.63, 3.8) is 0 Å². The van der Waals surface area contributed by atoms with Gasteiger partial charge in [-0.3, -0.25) is 4.79 Å². The summed E-state index contributed by atoms with van der Waals surface area (Å²) in [6.07, 6.45) is 0.785. The van der Waals surface area contributed by atoms with Crippen LogP contribution in [0.3, 0.4) is 0 Å². The van der Waals surface area contributed by atoms with Crippen LogP contribution in [0, 0.1) is 0 Å². The van der Waals surface area contributed by atoms with Crippen molar-refractivity contribution in [2.24, 2.45) is 0 Å². The number of likely N-dealkylation sites (N-methyl/N-ethyl adjacent to an activating group) is 1. The number of methoxy groups -OCH3 is 1. The Morgan fingerprint density at radius 2 is 1.78 bits per heavy atom. The summed E-state index contributed by atoms with van der Waals surface area (Å²) in [6, 6.07) is 17.2. The van der Waals surface area contributed by atoms with Crippen molar-refractivity contribution in [3.05, 3.63) is 65.7 Å². The van der Waals surface area contributed by atoms with Crippen LogP contribution in [0.4, 0.5) is 0 Å². The molecule has 122 valence electrons. The van der Waals surface area contributed by atoms with Gasteiger partial charge < -0.3 is 14.7 Å². The number of ether oxygens (including phenoxy) is 1. The zero-order valence-electron chi connectivity index (χ0n) is 13.6. The number of carbonyl (C=O) groups is 1. The molecule has 0 saturated heterocycles. The molecule has 0 fully saturated rings. The van der Waals surface area contributed by atoms with Crippen LogP contribution in [0.25, 0.3) is 0 Å². The molecule has 1 N–H and O–H groups in total. The monoisotopic (exact) mass is 313 g/mol. The number of nitrogens with zero attached hydrogens (tertiary/aromatic N) is 1. The molecular formula is C19H23NO3. The number of para-hydroxylation sites is 1. The smallest absolute Gasteiger partial charge is 0.227 e. The van der Waals surface area contributed by atoms with E-state index in [-0.39, 0.29) is 25.0 Å². The van der Waals surface area contributed by atoms with Gasteiger partial charge in [-0.2, -0.15) is 0 Å². The Labute approximate surface area is 137 Å². The molecule has 2 aromatic rings. The highest BCUT2D eigenvalue weighted by atomic mass is 16.5. The molecule has 0 saturated carbocycles. The van der Waals surface area contributed by atoms with E-state index >= 15 is 0 Å². The Hall–Kier alpha value is -2.33. The summed E-state index contributed by atoms with van der Waals surface area (Å²) < 4.78 is 5.31. The third-order valence-corrected chi connectivity index (χ3v) is 3.98.